The van der Waals surface area contributed by atoms with Crippen molar-refractivity contribution in [3.63, 3.8) is 0 Å². The first-order valence-electron chi connectivity index (χ1n) is 10.8. The maximum Gasteiger partial charge on any atom is 0.251 e. The number of hydrogen-bond acceptors (Lipinski definition) is 5. The molecular formula is C25H21F3N4O3. The summed E-state index contributed by atoms with van der Waals surface area (Å²) >= 11 is 0. The van der Waals surface area contributed by atoms with Crippen LogP contribution in [-0.4, -0.2) is 35.2 Å². The Morgan fingerprint density at radius 3 is 2.51 bits per heavy atom. The van der Waals surface area contributed by atoms with Crippen molar-refractivity contribution in [3.05, 3.63) is 89.0 Å². The summed E-state index contributed by atoms with van der Waals surface area (Å²) in [5.74, 6) is -3.89. The molecule has 0 unspecified atom stereocenters. The molecule has 0 bridgehead atoms. The highest BCUT2D eigenvalue weighted by atomic mass is 19.1. The predicted octanol–water partition coefficient (Wildman–Crippen LogP) is 2.60. The van der Waals surface area contributed by atoms with E-state index in [0.717, 1.165) is 24.3 Å². The molecule has 2 aromatic carbocycles. The predicted molar refractivity (Wildman–Crippen MR) is 121 cm³/mol. The van der Waals surface area contributed by atoms with Crippen LogP contribution in [0.15, 0.2) is 54.7 Å². The molecule has 10 heteroatoms. The van der Waals surface area contributed by atoms with Crippen LogP contribution in [0.4, 0.5) is 13.2 Å². The van der Waals surface area contributed by atoms with Crippen molar-refractivity contribution in [2.75, 3.05) is 6.54 Å². The number of benzene rings is 2. The first-order chi connectivity index (χ1) is 16.7. The zero-order valence-electron chi connectivity index (χ0n) is 18.4. The summed E-state index contributed by atoms with van der Waals surface area (Å²) < 4.78 is 41.8. The Balaban J connectivity index is 1.76. The van der Waals surface area contributed by atoms with Gasteiger partial charge >= 0.3 is 0 Å². The van der Waals surface area contributed by atoms with Crippen molar-refractivity contribution < 1.29 is 27.6 Å². The zero-order valence-corrected chi connectivity index (χ0v) is 18.4. The van der Waals surface area contributed by atoms with E-state index in [1.165, 1.54) is 18.3 Å². The standard InChI is InChI=1S/C25H21F3N4O3/c26-15-6-13(7-16(27)10-15)8-21(32-25(35)22-11-17(33)12-31-22)23-18(2-1-5-30-23)14-3-4-20(28)19(9-14)24(29)34/h1-7,9-10,21-22,31H,8,11-12H2,(H2,29,34)(H,32,35)/t21-,22-/m0/s1. The van der Waals surface area contributed by atoms with E-state index in [4.69, 9.17) is 5.73 Å². The fourth-order valence-corrected chi connectivity index (χ4v) is 4.07. The number of nitrogens with two attached hydrogens (primary N) is 1. The van der Waals surface area contributed by atoms with Crippen LogP contribution in [0.25, 0.3) is 11.1 Å². The van der Waals surface area contributed by atoms with Crippen molar-refractivity contribution in [3.8, 4) is 11.1 Å². The van der Waals surface area contributed by atoms with Gasteiger partial charge in [0.15, 0.2) is 0 Å². The van der Waals surface area contributed by atoms with E-state index in [0.29, 0.717) is 16.8 Å². The molecule has 1 aromatic heterocycles. The minimum absolute atomic E-state index is 0.0160. The number of ketones is 1. The highest BCUT2D eigenvalue weighted by Gasteiger charge is 2.30. The molecule has 1 saturated heterocycles. The molecule has 0 saturated carbocycles. The van der Waals surface area contributed by atoms with Crippen LogP contribution in [0, 0.1) is 17.5 Å². The number of hydrogen-bond donors (Lipinski definition) is 3. The van der Waals surface area contributed by atoms with Gasteiger partial charge in [-0.15, -0.1) is 0 Å². The quantitative estimate of drug-likeness (QED) is 0.479. The van der Waals surface area contributed by atoms with Gasteiger partial charge in [0.2, 0.25) is 5.91 Å². The summed E-state index contributed by atoms with van der Waals surface area (Å²) in [6.45, 7) is 0.0676. The third kappa shape index (κ3) is 5.55. The third-order valence-corrected chi connectivity index (χ3v) is 5.68. The SMILES string of the molecule is NC(=O)c1cc(-c2cccnc2[C@H](Cc2cc(F)cc(F)c2)NC(=O)[C@@H]2CC(=O)CN2)ccc1F. The van der Waals surface area contributed by atoms with E-state index in [1.807, 2.05) is 0 Å². The number of nitrogens with one attached hydrogen (secondary N) is 2. The van der Waals surface area contributed by atoms with E-state index in [2.05, 4.69) is 15.6 Å². The van der Waals surface area contributed by atoms with Crippen LogP contribution in [0.1, 0.15) is 34.1 Å². The summed E-state index contributed by atoms with van der Waals surface area (Å²) in [4.78, 5) is 40.6. The highest BCUT2D eigenvalue weighted by molar-refractivity contribution is 5.95. The maximum absolute atomic E-state index is 14.1. The van der Waals surface area contributed by atoms with E-state index < -0.39 is 41.3 Å². The summed E-state index contributed by atoms with van der Waals surface area (Å²) in [7, 11) is 0. The summed E-state index contributed by atoms with van der Waals surface area (Å²) in [6, 6.07) is 8.46. The number of rotatable bonds is 7. The minimum Gasteiger partial charge on any atom is -0.366 e. The third-order valence-electron chi connectivity index (χ3n) is 5.68. The second-order valence-corrected chi connectivity index (χ2v) is 8.21. The molecule has 2 amide bonds. The molecule has 1 aliphatic rings. The number of amides is 2. The molecule has 35 heavy (non-hydrogen) atoms. The van der Waals surface area contributed by atoms with Gasteiger partial charge in [0.25, 0.3) is 5.91 Å². The fraction of sp³-hybridized carbons (Fsp3) is 0.200. The van der Waals surface area contributed by atoms with Gasteiger partial charge in [0.1, 0.15) is 23.2 Å². The second kappa shape index (κ2) is 10.1. The van der Waals surface area contributed by atoms with Crippen molar-refractivity contribution >= 4 is 17.6 Å². The Hall–Kier alpha value is -4.05. The van der Waals surface area contributed by atoms with E-state index in [-0.39, 0.29) is 36.3 Å². The molecule has 0 spiro atoms. The monoisotopic (exact) mass is 482 g/mol. The van der Waals surface area contributed by atoms with Gasteiger partial charge in [-0.25, -0.2) is 13.2 Å². The van der Waals surface area contributed by atoms with Gasteiger partial charge < -0.3 is 11.1 Å². The number of halogens is 3. The molecule has 2 heterocycles. The molecule has 0 radical (unpaired) electrons. The van der Waals surface area contributed by atoms with Crippen molar-refractivity contribution in [1.29, 1.82) is 0 Å². The van der Waals surface area contributed by atoms with E-state index in [1.54, 1.807) is 12.1 Å². The number of carbonyl (C=O) groups excluding carboxylic acids is 3. The molecule has 3 aromatic rings. The minimum atomic E-state index is -0.952. The van der Waals surface area contributed by atoms with Crippen LogP contribution in [0.3, 0.4) is 0 Å². The average Bonchev–Trinajstić information content (AvgIpc) is 3.24. The summed E-state index contributed by atoms with van der Waals surface area (Å²) in [5.41, 5.74) is 6.39. The number of primary amides is 1. The Morgan fingerprint density at radius 1 is 1.11 bits per heavy atom. The smallest absolute Gasteiger partial charge is 0.251 e. The second-order valence-electron chi connectivity index (χ2n) is 8.21. The van der Waals surface area contributed by atoms with Gasteiger partial charge in [-0.2, -0.15) is 0 Å². The average molecular weight is 482 g/mol. The van der Waals surface area contributed by atoms with Crippen molar-refractivity contribution in [1.82, 2.24) is 15.6 Å². The van der Waals surface area contributed by atoms with Crippen molar-refractivity contribution in [2.24, 2.45) is 5.73 Å². The number of pyridine rings is 1. The molecule has 7 nitrogen and oxygen atoms in total. The lowest BCUT2D eigenvalue weighted by Crippen LogP contribution is -2.43. The first kappa shape index (κ1) is 24.1. The number of Topliss-reactive ketones (excluding diaryl/α,β-unsaturated/α-hetero) is 1. The van der Waals surface area contributed by atoms with Crippen LogP contribution in [0.2, 0.25) is 0 Å². The summed E-state index contributed by atoms with van der Waals surface area (Å²) in [5, 5.41) is 5.64. The van der Waals surface area contributed by atoms with E-state index >= 15 is 0 Å². The molecular weight excluding hydrogens is 461 g/mol. The normalized spacial score (nSPS) is 16.2. The lowest BCUT2D eigenvalue weighted by molar-refractivity contribution is -0.125. The van der Waals surface area contributed by atoms with Gasteiger partial charge in [0.05, 0.1) is 29.9 Å². The molecule has 2 atom stereocenters. The maximum atomic E-state index is 14.1. The van der Waals surface area contributed by atoms with Crippen LogP contribution in [0.5, 0.6) is 0 Å². The van der Waals surface area contributed by atoms with Crippen molar-refractivity contribution in [2.45, 2.75) is 24.9 Å². The Morgan fingerprint density at radius 2 is 1.86 bits per heavy atom. The van der Waals surface area contributed by atoms with Gasteiger partial charge in [0, 0.05) is 24.2 Å². The molecule has 180 valence electrons. The Kier molecular flexibility index (Phi) is 6.92. The molecule has 1 aliphatic heterocycles. The fourth-order valence-electron chi connectivity index (χ4n) is 4.07. The van der Waals surface area contributed by atoms with Crippen LogP contribution in [-0.2, 0) is 16.0 Å². The largest absolute Gasteiger partial charge is 0.366 e. The molecule has 0 aliphatic carbocycles. The first-order valence-corrected chi connectivity index (χ1v) is 10.8. The zero-order chi connectivity index (χ0) is 25.1. The summed E-state index contributed by atoms with van der Waals surface area (Å²) in [6.07, 6.45) is 1.46. The highest BCUT2D eigenvalue weighted by Crippen LogP contribution is 2.30. The van der Waals surface area contributed by atoms with Gasteiger partial charge in [-0.3, -0.25) is 24.7 Å². The van der Waals surface area contributed by atoms with Crippen LogP contribution >= 0.6 is 0 Å². The molecule has 4 N–H and O–H groups in total. The van der Waals surface area contributed by atoms with Gasteiger partial charge in [-0.05, 0) is 47.9 Å². The van der Waals surface area contributed by atoms with E-state index in [9.17, 15) is 27.6 Å². The Labute approximate surface area is 198 Å². The lowest BCUT2D eigenvalue weighted by Gasteiger charge is -2.23. The number of aromatic nitrogens is 1. The molecule has 1 fully saturated rings. The topological polar surface area (TPSA) is 114 Å². The number of nitrogens with zero attached hydrogens (tertiary/aromatic N) is 1. The number of carbonyl (C=O) groups is 3. The van der Waals surface area contributed by atoms with Gasteiger partial charge in [-0.1, -0.05) is 12.1 Å². The Bertz CT molecular complexity index is 1290. The van der Waals surface area contributed by atoms with Crippen LogP contribution < -0.4 is 16.4 Å². The molecule has 4 rings (SSSR count). The lowest BCUT2D eigenvalue weighted by atomic mass is 9.94.